The molecule has 1 amide bonds. The van der Waals surface area contributed by atoms with Crippen molar-refractivity contribution in [2.45, 2.75) is 46.5 Å². The molecule has 1 heterocycles. The third kappa shape index (κ3) is 6.65. The van der Waals surface area contributed by atoms with Crippen molar-refractivity contribution in [3.05, 3.63) is 93.9 Å². The Morgan fingerprint density at radius 3 is 2.38 bits per heavy atom. The molecule has 4 aromatic rings. The number of carbonyl (C=O) groups excluding carboxylic acids is 1. The van der Waals surface area contributed by atoms with E-state index >= 15 is 0 Å². The van der Waals surface area contributed by atoms with Gasteiger partial charge in [-0.15, -0.1) is 0 Å². The highest BCUT2D eigenvalue weighted by atomic mass is 16.1. The van der Waals surface area contributed by atoms with Crippen molar-refractivity contribution in [1.82, 2.24) is 9.55 Å². The van der Waals surface area contributed by atoms with Crippen LogP contribution in [0.4, 0.5) is 28.6 Å². The summed E-state index contributed by atoms with van der Waals surface area (Å²) in [6.45, 7) is 11.5. The molecule has 0 aliphatic carbocycles. The quantitative estimate of drug-likeness (QED) is 0.203. The number of aryl methyl sites for hydroxylation is 1. The van der Waals surface area contributed by atoms with Crippen molar-refractivity contribution in [2.24, 2.45) is 7.05 Å². The number of nitrogens with zero attached hydrogens (tertiary/aromatic N) is 3. The third-order valence-electron chi connectivity index (χ3n) is 7.44. The van der Waals surface area contributed by atoms with Crippen LogP contribution >= 0.6 is 0 Å². The van der Waals surface area contributed by atoms with Gasteiger partial charge in [0, 0.05) is 56.4 Å². The standard InChI is InChI=1S/C34H42N6O2/c1-9-19-39(7)30-18-17-25(20-28(30)35-6)36-31-33(42)40(8)21-29(37-31)26-11-10-12-27(22(26)2)38-32(41)23-13-15-24(16-14-23)34(3,4)5/h10-18,20-21,35H,9,19H2,1-8H3,(H,36,37)(H,38,41). The number of anilines is 5. The van der Waals surface area contributed by atoms with Gasteiger partial charge in [0.1, 0.15) is 0 Å². The van der Waals surface area contributed by atoms with Crippen LogP contribution in [-0.2, 0) is 12.5 Å². The number of amides is 1. The average Bonchev–Trinajstić information content (AvgIpc) is 2.96. The minimum atomic E-state index is -0.238. The number of rotatable bonds is 9. The molecule has 0 aliphatic heterocycles. The van der Waals surface area contributed by atoms with E-state index in [4.69, 9.17) is 4.98 Å². The minimum Gasteiger partial charge on any atom is -0.386 e. The zero-order chi connectivity index (χ0) is 30.6. The molecule has 3 aromatic carbocycles. The summed E-state index contributed by atoms with van der Waals surface area (Å²) in [4.78, 5) is 33.1. The first kappa shape index (κ1) is 30.4. The van der Waals surface area contributed by atoms with Gasteiger partial charge >= 0.3 is 0 Å². The zero-order valence-corrected chi connectivity index (χ0v) is 25.9. The molecule has 0 saturated carbocycles. The van der Waals surface area contributed by atoms with Crippen molar-refractivity contribution in [2.75, 3.05) is 41.5 Å². The van der Waals surface area contributed by atoms with Gasteiger partial charge in [0.2, 0.25) is 0 Å². The minimum absolute atomic E-state index is 0.0143. The predicted octanol–water partition coefficient (Wildman–Crippen LogP) is 6.94. The summed E-state index contributed by atoms with van der Waals surface area (Å²) < 4.78 is 1.52. The lowest BCUT2D eigenvalue weighted by molar-refractivity contribution is 0.102. The second-order valence-corrected chi connectivity index (χ2v) is 11.7. The second-order valence-electron chi connectivity index (χ2n) is 11.7. The van der Waals surface area contributed by atoms with E-state index < -0.39 is 0 Å². The van der Waals surface area contributed by atoms with Crippen molar-refractivity contribution in [1.29, 1.82) is 0 Å². The van der Waals surface area contributed by atoms with E-state index in [2.05, 4.69) is 55.6 Å². The Morgan fingerprint density at radius 2 is 1.74 bits per heavy atom. The third-order valence-corrected chi connectivity index (χ3v) is 7.44. The fraction of sp³-hybridized carbons (Fsp3) is 0.324. The van der Waals surface area contributed by atoms with Crippen molar-refractivity contribution >= 4 is 34.5 Å². The molecular weight excluding hydrogens is 524 g/mol. The molecule has 0 radical (unpaired) electrons. The first-order chi connectivity index (χ1) is 19.9. The van der Waals surface area contributed by atoms with Gasteiger partial charge < -0.3 is 25.4 Å². The summed E-state index contributed by atoms with van der Waals surface area (Å²) in [6.07, 6.45) is 2.76. The van der Waals surface area contributed by atoms with Gasteiger partial charge in [0.05, 0.1) is 17.1 Å². The summed E-state index contributed by atoms with van der Waals surface area (Å²) >= 11 is 0. The van der Waals surface area contributed by atoms with Crippen molar-refractivity contribution < 1.29 is 4.79 Å². The van der Waals surface area contributed by atoms with Gasteiger partial charge in [-0.2, -0.15) is 0 Å². The largest absolute Gasteiger partial charge is 0.386 e. The zero-order valence-electron chi connectivity index (χ0n) is 25.9. The van der Waals surface area contributed by atoms with Crippen LogP contribution in [0.1, 0.15) is 55.6 Å². The molecule has 8 nitrogen and oxygen atoms in total. The van der Waals surface area contributed by atoms with Crippen LogP contribution in [0.3, 0.4) is 0 Å². The van der Waals surface area contributed by atoms with Crippen LogP contribution in [-0.4, -0.2) is 36.1 Å². The maximum Gasteiger partial charge on any atom is 0.293 e. The number of benzene rings is 3. The van der Waals surface area contributed by atoms with Gasteiger partial charge in [0.25, 0.3) is 11.5 Å². The topological polar surface area (TPSA) is 91.3 Å². The molecule has 3 N–H and O–H groups in total. The summed E-state index contributed by atoms with van der Waals surface area (Å²) in [5.74, 6) is 0.0411. The van der Waals surface area contributed by atoms with Gasteiger partial charge in [-0.1, -0.05) is 52.0 Å². The molecule has 0 bridgehead atoms. The number of aromatic nitrogens is 2. The van der Waals surface area contributed by atoms with Crippen LogP contribution < -0.4 is 26.4 Å². The summed E-state index contributed by atoms with van der Waals surface area (Å²) in [7, 11) is 5.66. The Kier molecular flexibility index (Phi) is 9.05. The SMILES string of the molecule is CCCN(C)c1ccc(Nc2nc(-c3cccc(NC(=O)c4ccc(C(C)(C)C)cc4)c3C)cn(C)c2=O)cc1NC. The summed E-state index contributed by atoms with van der Waals surface area (Å²) in [6, 6.07) is 19.4. The number of nitrogens with one attached hydrogen (secondary N) is 3. The Hall–Kier alpha value is -4.59. The van der Waals surface area contributed by atoms with Gasteiger partial charge in [0.15, 0.2) is 5.82 Å². The van der Waals surface area contributed by atoms with Crippen LogP contribution in [0.15, 0.2) is 71.7 Å². The number of carbonyl (C=O) groups is 1. The molecule has 8 heteroatoms. The highest BCUT2D eigenvalue weighted by molar-refractivity contribution is 6.05. The highest BCUT2D eigenvalue weighted by Crippen LogP contribution is 2.31. The maximum absolute atomic E-state index is 13.1. The Morgan fingerprint density at radius 1 is 1.02 bits per heavy atom. The molecule has 4 rings (SSSR count). The van der Waals surface area contributed by atoms with E-state index in [1.807, 2.05) is 74.6 Å². The van der Waals surface area contributed by atoms with E-state index in [9.17, 15) is 9.59 Å². The lowest BCUT2D eigenvalue weighted by Crippen LogP contribution is -2.22. The van der Waals surface area contributed by atoms with Crippen molar-refractivity contribution in [3.8, 4) is 11.3 Å². The average molecular weight is 567 g/mol. The first-order valence-corrected chi connectivity index (χ1v) is 14.3. The summed E-state index contributed by atoms with van der Waals surface area (Å²) in [5, 5.41) is 9.53. The van der Waals surface area contributed by atoms with E-state index in [-0.39, 0.29) is 22.7 Å². The first-order valence-electron chi connectivity index (χ1n) is 14.3. The van der Waals surface area contributed by atoms with E-state index in [1.54, 1.807) is 13.2 Å². The molecule has 1 aromatic heterocycles. The van der Waals surface area contributed by atoms with E-state index in [0.717, 1.165) is 41.2 Å². The number of hydrogen-bond acceptors (Lipinski definition) is 6. The van der Waals surface area contributed by atoms with Crippen LogP contribution in [0.5, 0.6) is 0 Å². The van der Waals surface area contributed by atoms with Crippen LogP contribution in [0, 0.1) is 6.92 Å². The van der Waals surface area contributed by atoms with Crippen LogP contribution in [0.25, 0.3) is 11.3 Å². The molecule has 0 unspecified atom stereocenters. The lowest BCUT2D eigenvalue weighted by atomic mass is 9.86. The van der Waals surface area contributed by atoms with Gasteiger partial charge in [-0.3, -0.25) is 9.59 Å². The lowest BCUT2D eigenvalue weighted by Gasteiger charge is -2.22. The maximum atomic E-state index is 13.1. The predicted molar refractivity (Wildman–Crippen MR) is 176 cm³/mol. The molecule has 0 saturated heterocycles. The smallest absolute Gasteiger partial charge is 0.293 e. The van der Waals surface area contributed by atoms with Crippen LogP contribution in [0.2, 0.25) is 0 Å². The molecule has 0 fully saturated rings. The molecule has 220 valence electrons. The second kappa shape index (κ2) is 12.5. The fourth-order valence-corrected chi connectivity index (χ4v) is 4.92. The van der Waals surface area contributed by atoms with Crippen molar-refractivity contribution in [3.63, 3.8) is 0 Å². The fourth-order valence-electron chi connectivity index (χ4n) is 4.92. The molecular formula is C34H42N6O2. The van der Waals surface area contributed by atoms with E-state index in [1.165, 1.54) is 10.1 Å². The van der Waals surface area contributed by atoms with Gasteiger partial charge in [-0.05, 0) is 66.3 Å². The number of hydrogen-bond donors (Lipinski definition) is 3. The molecule has 0 spiro atoms. The summed E-state index contributed by atoms with van der Waals surface area (Å²) in [5.41, 5.74) is 7.32. The molecule has 0 atom stereocenters. The van der Waals surface area contributed by atoms with E-state index in [0.29, 0.717) is 16.9 Å². The Balaban J connectivity index is 1.62. The Bertz CT molecular complexity index is 1630. The Labute approximate surface area is 248 Å². The monoisotopic (exact) mass is 566 g/mol. The molecule has 0 aliphatic rings. The normalized spacial score (nSPS) is 11.2. The van der Waals surface area contributed by atoms with Gasteiger partial charge in [-0.25, -0.2) is 4.98 Å². The molecule has 42 heavy (non-hydrogen) atoms. The highest BCUT2D eigenvalue weighted by Gasteiger charge is 2.17.